The third-order valence-electron chi connectivity index (χ3n) is 6.94. The number of anilines is 3. The lowest BCUT2D eigenvalue weighted by Crippen LogP contribution is -2.47. The van der Waals surface area contributed by atoms with Gasteiger partial charge in [-0.25, -0.2) is 14.8 Å². The van der Waals surface area contributed by atoms with E-state index in [0.717, 1.165) is 34.6 Å². The Labute approximate surface area is 229 Å². The van der Waals surface area contributed by atoms with Gasteiger partial charge in [0.05, 0.1) is 17.6 Å². The van der Waals surface area contributed by atoms with Crippen LogP contribution in [-0.4, -0.2) is 89.8 Å². The molecule has 0 saturated carbocycles. The fraction of sp³-hybridized carbons (Fsp3) is 0.520. The topological polar surface area (TPSA) is 103 Å². The first-order chi connectivity index (χ1) is 18.5. The normalized spacial score (nSPS) is 15.2. The average Bonchev–Trinajstić information content (AvgIpc) is 3.35. The number of rotatable bonds is 9. The number of piperazine rings is 1. The predicted molar refractivity (Wildman–Crippen MR) is 144 cm³/mol. The van der Waals surface area contributed by atoms with Crippen molar-refractivity contribution in [3.63, 3.8) is 0 Å². The molecule has 1 aromatic carbocycles. The number of hydrogen-bond acceptors (Lipinski definition) is 9. The molecule has 1 unspecified atom stereocenters. The highest BCUT2D eigenvalue weighted by Crippen LogP contribution is 2.33. The molecule has 0 radical (unpaired) electrons. The van der Waals surface area contributed by atoms with Gasteiger partial charge in [-0.1, -0.05) is 25.4 Å². The van der Waals surface area contributed by atoms with Crippen LogP contribution in [0.3, 0.4) is 0 Å². The number of halogens is 4. The van der Waals surface area contributed by atoms with E-state index in [1.54, 1.807) is 20.0 Å². The number of carbonyl (C=O) groups excluding carboxylic acids is 1. The van der Waals surface area contributed by atoms with Crippen molar-refractivity contribution >= 4 is 45.8 Å². The average molecular weight is 569 g/mol. The maximum Gasteiger partial charge on any atom is 0.490 e. The number of likely N-dealkylation sites (N-methyl/N-ethyl adjacent to an activating group) is 1. The van der Waals surface area contributed by atoms with Gasteiger partial charge >= 0.3 is 12.1 Å². The Hall–Kier alpha value is -3.32. The fourth-order valence-electron chi connectivity index (χ4n) is 4.61. The summed E-state index contributed by atoms with van der Waals surface area (Å²) in [5.74, 6) is -1.37. The number of carbonyl (C=O) groups is 1. The summed E-state index contributed by atoms with van der Waals surface area (Å²) in [4.78, 5) is 26.3. The molecule has 3 aromatic rings. The predicted octanol–water partition coefficient (Wildman–Crippen LogP) is 4.00. The minimum absolute atomic E-state index is 0.0469. The molecule has 10 nitrogen and oxygen atoms in total. The summed E-state index contributed by atoms with van der Waals surface area (Å²) >= 11 is 6.45. The first-order valence-corrected chi connectivity index (χ1v) is 13.1. The third kappa shape index (κ3) is 6.30. The van der Waals surface area contributed by atoms with Gasteiger partial charge in [-0.3, -0.25) is 10.00 Å². The fourth-order valence-corrected chi connectivity index (χ4v) is 4.83. The zero-order valence-electron chi connectivity index (χ0n) is 22.3. The molecule has 4 rings (SSSR count). The van der Waals surface area contributed by atoms with Crippen LogP contribution < -0.4 is 15.1 Å². The van der Waals surface area contributed by atoms with E-state index in [9.17, 15) is 18.0 Å². The van der Waals surface area contributed by atoms with Crippen molar-refractivity contribution in [1.29, 1.82) is 0 Å². The van der Waals surface area contributed by atoms with Crippen LogP contribution in [-0.2, 0) is 16.0 Å². The molecular formula is C25H32ClF3N8O2. The van der Waals surface area contributed by atoms with Crippen LogP contribution in [0, 0.1) is 6.92 Å². The number of hydrogen-bond donors (Lipinski definition) is 2. The van der Waals surface area contributed by atoms with E-state index >= 15 is 0 Å². The van der Waals surface area contributed by atoms with Crippen LogP contribution >= 0.6 is 11.6 Å². The lowest BCUT2D eigenvalue weighted by atomic mass is 10.1. The van der Waals surface area contributed by atoms with Gasteiger partial charge < -0.3 is 19.9 Å². The molecule has 0 amide bonds. The van der Waals surface area contributed by atoms with Crippen molar-refractivity contribution in [2.24, 2.45) is 0 Å². The number of H-pyrrole nitrogens is 1. The number of nitrogens with zero attached hydrogens (tertiary/aromatic N) is 6. The van der Waals surface area contributed by atoms with Crippen molar-refractivity contribution in [3.05, 3.63) is 34.7 Å². The number of aryl methyl sites for hydroxylation is 1. The molecule has 212 valence electrons. The Morgan fingerprint density at radius 2 is 1.90 bits per heavy atom. The molecule has 2 aromatic heterocycles. The standard InChI is InChI=1S/C25H32ClF3N8O2/c1-5-17-21-22(34-33-17)31-14-32-23(21)37-9-7-36(8-10-37)19-12-16(26)11-18(15(19)3)30-13-20(35(4)6-2)39-24(38)25(27,28)29/h11-12,14,20,30H,5-10,13H2,1-4H3,(H,31,32,33,34). The number of esters is 1. The van der Waals surface area contributed by atoms with Crippen LogP contribution in [0.1, 0.15) is 25.1 Å². The molecule has 1 atom stereocenters. The molecule has 1 saturated heterocycles. The van der Waals surface area contributed by atoms with E-state index in [1.807, 2.05) is 19.9 Å². The molecule has 1 fully saturated rings. The van der Waals surface area contributed by atoms with Gasteiger partial charge in [-0.05, 0) is 44.6 Å². The van der Waals surface area contributed by atoms with Crippen LogP contribution in [0.25, 0.3) is 11.0 Å². The second-order valence-electron chi connectivity index (χ2n) is 9.33. The summed E-state index contributed by atoms with van der Waals surface area (Å²) in [5, 5.41) is 11.9. The monoisotopic (exact) mass is 568 g/mol. The van der Waals surface area contributed by atoms with Gasteiger partial charge in [-0.15, -0.1) is 0 Å². The van der Waals surface area contributed by atoms with Crippen molar-refractivity contribution in [1.82, 2.24) is 25.1 Å². The second kappa shape index (κ2) is 11.8. The number of alkyl halides is 3. The van der Waals surface area contributed by atoms with Crippen LogP contribution in [0.15, 0.2) is 18.5 Å². The number of ether oxygens (including phenoxy) is 1. The molecule has 1 aliphatic heterocycles. The van der Waals surface area contributed by atoms with E-state index in [0.29, 0.717) is 49.1 Å². The molecule has 0 spiro atoms. The highest BCUT2D eigenvalue weighted by atomic mass is 35.5. The molecule has 0 bridgehead atoms. The Kier molecular flexibility index (Phi) is 8.70. The molecule has 14 heteroatoms. The Morgan fingerprint density at radius 1 is 1.21 bits per heavy atom. The lowest BCUT2D eigenvalue weighted by Gasteiger charge is -2.38. The summed E-state index contributed by atoms with van der Waals surface area (Å²) in [6.07, 6.45) is -3.88. The first-order valence-electron chi connectivity index (χ1n) is 12.7. The van der Waals surface area contributed by atoms with Gasteiger partial charge in [0.15, 0.2) is 11.9 Å². The van der Waals surface area contributed by atoms with E-state index in [1.165, 1.54) is 11.2 Å². The summed E-state index contributed by atoms with van der Waals surface area (Å²) in [6, 6.07) is 3.60. The van der Waals surface area contributed by atoms with Gasteiger partial charge in [0.1, 0.15) is 12.1 Å². The molecular weight excluding hydrogens is 537 g/mol. The first kappa shape index (κ1) is 28.7. The molecule has 39 heavy (non-hydrogen) atoms. The Balaban J connectivity index is 1.48. The zero-order chi connectivity index (χ0) is 28.3. The lowest BCUT2D eigenvalue weighted by molar-refractivity contribution is -0.210. The molecule has 0 aliphatic carbocycles. The SMILES string of the molecule is CCc1n[nH]c2ncnc(N3CCN(c4cc(Cl)cc(NCC(OC(=O)C(F)(F)F)N(C)CC)c4C)CC3)c12. The Morgan fingerprint density at radius 3 is 2.54 bits per heavy atom. The highest BCUT2D eigenvalue weighted by Gasteiger charge is 2.42. The molecule has 3 heterocycles. The summed E-state index contributed by atoms with van der Waals surface area (Å²) in [5.41, 5.74) is 4.11. The quantitative estimate of drug-likeness (QED) is 0.293. The third-order valence-corrected chi connectivity index (χ3v) is 7.16. The van der Waals surface area contributed by atoms with Crippen molar-refractivity contribution in [2.45, 2.75) is 39.6 Å². The number of fused-ring (bicyclic) bond motifs is 1. The van der Waals surface area contributed by atoms with Gasteiger partial charge in [0.2, 0.25) is 0 Å². The van der Waals surface area contributed by atoms with Crippen molar-refractivity contribution in [3.8, 4) is 0 Å². The van der Waals surface area contributed by atoms with Crippen molar-refractivity contribution in [2.75, 3.05) is 61.4 Å². The van der Waals surface area contributed by atoms with Crippen molar-refractivity contribution < 1.29 is 22.7 Å². The number of aromatic nitrogens is 4. The number of benzene rings is 1. The molecule has 1 aliphatic rings. The summed E-state index contributed by atoms with van der Waals surface area (Å²) < 4.78 is 43.1. The van der Waals surface area contributed by atoms with Crippen LogP contribution in [0.4, 0.5) is 30.4 Å². The van der Waals surface area contributed by atoms with Gasteiger partial charge in [0, 0.05) is 42.6 Å². The second-order valence-corrected chi connectivity index (χ2v) is 9.76. The van der Waals surface area contributed by atoms with E-state index in [-0.39, 0.29) is 6.54 Å². The van der Waals surface area contributed by atoms with E-state index in [2.05, 4.69) is 35.3 Å². The Bertz CT molecular complexity index is 1310. The number of aromatic amines is 1. The largest absolute Gasteiger partial charge is 0.490 e. The summed E-state index contributed by atoms with van der Waals surface area (Å²) in [6.45, 7) is 8.91. The minimum Gasteiger partial charge on any atom is -0.438 e. The van der Waals surface area contributed by atoms with Crippen LogP contribution in [0.5, 0.6) is 0 Å². The maximum absolute atomic E-state index is 12.8. The van der Waals surface area contributed by atoms with Gasteiger partial charge in [0.25, 0.3) is 0 Å². The smallest absolute Gasteiger partial charge is 0.438 e. The highest BCUT2D eigenvalue weighted by molar-refractivity contribution is 6.31. The van der Waals surface area contributed by atoms with E-state index < -0.39 is 18.4 Å². The van der Waals surface area contributed by atoms with Gasteiger partial charge in [-0.2, -0.15) is 18.3 Å². The molecule has 2 N–H and O–H groups in total. The minimum atomic E-state index is -5.07. The number of nitrogens with one attached hydrogen (secondary N) is 2. The van der Waals surface area contributed by atoms with E-state index in [4.69, 9.17) is 16.3 Å². The van der Waals surface area contributed by atoms with Crippen LogP contribution in [0.2, 0.25) is 5.02 Å². The summed E-state index contributed by atoms with van der Waals surface area (Å²) in [7, 11) is 1.59. The zero-order valence-corrected chi connectivity index (χ0v) is 23.0. The maximum atomic E-state index is 12.8.